The van der Waals surface area contributed by atoms with Crippen molar-refractivity contribution in [2.24, 2.45) is 0 Å². The number of nitrogens with one attached hydrogen (secondary N) is 1. The van der Waals surface area contributed by atoms with E-state index in [1.807, 2.05) is 24.3 Å². The van der Waals surface area contributed by atoms with E-state index in [1.54, 1.807) is 0 Å². The van der Waals surface area contributed by atoms with Crippen LogP contribution in [0.25, 0.3) is 0 Å². The van der Waals surface area contributed by atoms with Crippen LogP contribution in [-0.4, -0.2) is 36.1 Å². The van der Waals surface area contributed by atoms with Crippen molar-refractivity contribution < 1.29 is 9.66 Å². The topological polar surface area (TPSA) is 91.4 Å². The molecule has 2 aromatic rings. The van der Waals surface area contributed by atoms with E-state index in [0.717, 1.165) is 38.4 Å². The second kappa shape index (κ2) is 8.43. The number of ether oxygens (including phenoxy) is 1. The van der Waals surface area contributed by atoms with Crippen molar-refractivity contribution in [2.45, 2.75) is 13.1 Å². The second-order valence-corrected chi connectivity index (χ2v) is 6.11. The van der Waals surface area contributed by atoms with Gasteiger partial charge in [-0.1, -0.05) is 24.3 Å². The Balaban J connectivity index is 1.76. The fourth-order valence-corrected chi connectivity index (χ4v) is 2.98. The lowest BCUT2D eigenvalue weighted by atomic mass is 10.1. The standard InChI is InChI=1S/C19H20N4O3/c20-12-15-5-6-19(23(24)25)18(11-15)21-13-16-3-1-2-4-17(16)14-22-7-9-26-10-8-22/h1-6,11,21H,7-10,13-14H2. The van der Waals surface area contributed by atoms with E-state index in [2.05, 4.69) is 16.3 Å². The molecule has 26 heavy (non-hydrogen) atoms. The normalized spacial score (nSPS) is 14.6. The lowest BCUT2D eigenvalue weighted by Crippen LogP contribution is -2.35. The smallest absolute Gasteiger partial charge is 0.292 e. The van der Waals surface area contributed by atoms with E-state index in [4.69, 9.17) is 10.00 Å². The molecule has 0 bridgehead atoms. The molecule has 0 saturated carbocycles. The van der Waals surface area contributed by atoms with Crippen molar-refractivity contribution in [1.82, 2.24) is 4.90 Å². The number of rotatable bonds is 6. The van der Waals surface area contributed by atoms with Gasteiger partial charge in [-0.25, -0.2) is 0 Å². The predicted octanol–water partition coefficient (Wildman–Crippen LogP) is 2.91. The van der Waals surface area contributed by atoms with Gasteiger partial charge in [-0.15, -0.1) is 0 Å². The number of nitro benzene ring substituents is 1. The molecule has 0 radical (unpaired) electrons. The summed E-state index contributed by atoms with van der Waals surface area (Å²) in [6, 6.07) is 14.4. The molecule has 0 spiro atoms. The maximum Gasteiger partial charge on any atom is 0.292 e. The molecule has 0 aliphatic carbocycles. The fraction of sp³-hybridized carbons (Fsp3) is 0.316. The van der Waals surface area contributed by atoms with Gasteiger partial charge in [-0.05, 0) is 23.3 Å². The zero-order chi connectivity index (χ0) is 18.4. The molecule has 1 aliphatic heterocycles. The van der Waals surface area contributed by atoms with Gasteiger partial charge < -0.3 is 10.1 Å². The first kappa shape index (κ1) is 17.9. The van der Waals surface area contributed by atoms with Gasteiger partial charge in [0.1, 0.15) is 5.69 Å². The van der Waals surface area contributed by atoms with Crippen molar-refractivity contribution >= 4 is 11.4 Å². The van der Waals surface area contributed by atoms with Crippen LogP contribution in [0.5, 0.6) is 0 Å². The molecule has 1 saturated heterocycles. The van der Waals surface area contributed by atoms with Crippen molar-refractivity contribution in [1.29, 1.82) is 5.26 Å². The van der Waals surface area contributed by atoms with E-state index in [1.165, 1.54) is 23.8 Å². The van der Waals surface area contributed by atoms with Gasteiger partial charge in [-0.2, -0.15) is 5.26 Å². The minimum Gasteiger partial charge on any atom is -0.379 e. The van der Waals surface area contributed by atoms with Crippen LogP contribution in [0, 0.1) is 21.4 Å². The van der Waals surface area contributed by atoms with Gasteiger partial charge in [-0.3, -0.25) is 15.0 Å². The summed E-state index contributed by atoms with van der Waals surface area (Å²) in [5.41, 5.74) is 2.97. The molecule has 7 nitrogen and oxygen atoms in total. The highest BCUT2D eigenvalue weighted by atomic mass is 16.6. The summed E-state index contributed by atoms with van der Waals surface area (Å²) in [7, 11) is 0. The molecule has 0 atom stereocenters. The number of benzene rings is 2. The maximum atomic E-state index is 11.2. The van der Waals surface area contributed by atoms with E-state index < -0.39 is 4.92 Å². The fourth-order valence-electron chi connectivity index (χ4n) is 2.98. The highest BCUT2D eigenvalue weighted by Crippen LogP contribution is 2.26. The molecule has 0 unspecified atom stereocenters. The largest absolute Gasteiger partial charge is 0.379 e. The van der Waals surface area contributed by atoms with Gasteiger partial charge in [0.05, 0.1) is 29.8 Å². The Labute approximate surface area is 152 Å². The molecule has 0 amide bonds. The van der Waals surface area contributed by atoms with Crippen LogP contribution in [0.15, 0.2) is 42.5 Å². The first-order chi connectivity index (χ1) is 12.7. The third-order valence-electron chi connectivity index (χ3n) is 4.41. The number of nitriles is 1. The number of nitro groups is 1. The summed E-state index contributed by atoms with van der Waals surface area (Å²) in [5, 5.41) is 23.4. The van der Waals surface area contributed by atoms with E-state index in [9.17, 15) is 10.1 Å². The van der Waals surface area contributed by atoms with Crippen LogP contribution in [0.4, 0.5) is 11.4 Å². The predicted molar refractivity (Wildman–Crippen MR) is 97.7 cm³/mol. The number of anilines is 1. The number of morpholine rings is 1. The first-order valence-corrected chi connectivity index (χ1v) is 8.46. The number of hydrogen-bond donors (Lipinski definition) is 1. The summed E-state index contributed by atoms with van der Waals surface area (Å²) in [6.45, 7) is 4.56. The highest BCUT2D eigenvalue weighted by Gasteiger charge is 2.16. The molecular weight excluding hydrogens is 332 g/mol. The lowest BCUT2D eigenvalue weighted by molar-refractivity contribution is -0.384. The minimum atomic E-state index is -0.441. The summed E-state index contributed by atoms with van der Waals surface area (Å²) in [6.07, 6.45) is 0. The molecular formula is C19H20N4O3. The molecule has 3 rings (SSSR count). The summed E-state index contributed by atoms with van der Waals surface area (Å²) >= 11 is 0. The van der Waals surface area contributed by atoms with Gasteiger partial charge in [0.25, 0.3) is 5.69 Å². The van der Waals surface area contributed by atoms with Crippen LogP contribution in [0.3, 0.4) is 0 Å². The molecule has 134 valence electrons. The molecule has 1 N–H and O–H groups in total. The van der Waals surface area contributed by atoms with Gasteiger partial charge in [0.15, 0.2) is 0 Å². The molecule has 0 aromatic heterocycles. The molecule has 1 aliphatic rings. The van der Waals surface area contributed by atoms with Gasteiger partial charge in [0.2, 0.25) is 0 Å². The van der Waals surface area contributed by atoms with Crippen LogP contribution >= 0.6 is 0 Å². The van der Waals surface area contributed by atoms with E-state index >= 15 is 0 Å². The van der Waals surface area contributed by atoms with E-state index in [0.29, 0.717) is 17.8 Å². The molecule has 1 heterocycles. The Kier molecular flexibility index (Phi) is 5.79. The Bertz CT molecular complexity index is 826. The zero-order valence-electron chi connectivity index (χ0n) is 14.4. The maximum absolute atomic E-state index is 11.2. The molecule has 2 aromatic carbocycles. The highest BCUT2D eigenvalue weighted by molar-refractivity contribution is 5.64. The third-order valence-corrected chi connectivity index (χ3v) is 4.41. The van der Waals surface area contributed by atoms with Gasteiger partial charge in [0, 0.05) is 32.2 Å². The third kappa shape index (κ3) is 4.36. The SMILES string of the molecule is N#Cc1ccc([N+](=O)[O-])c(NCc2ccccc2CN2CCOCC2)c1. The van der Waals surface area contributed by atoms with Crippen molar-refractivity contribution in [2.75, 3.05) is 31.6 Å². The Morgan fingerprint density at radius 2 is 1.92 bits per heavy atom. The number of nitrogens with zero attached hydrogens (tertiary/aromatic N) is 3. The average molecular weight is 352 g/mol. The van der Waals surface area contributed by atoms with Crippen LogP contribution in [-0.2, 0) is 17.8 Å². The zero-order valence-corrected chi connectivity index (χ0v) is 14.4. The van der Waals surface area contributed by atoms with E-state index in [-0.39, 0.29) is 5.69 Å². The molecule has 1 fully saturated rings. The van der Waals surface area contributed by atoms with Crippen molar-refractivity contribution in [3.8, 4) is 6.07 Å². The Morgan fingerprint density at radius 1 is 1.19 bits per heavy atom. The Hall–Kier alpha value is -2.95. The number of hydrogen-bond acceptors (Lipinski definition) is 6. The average Bonchev–Trinajstić information content (AvgIpc) is 2.67. The summed E-state index contributed by atoms with van der Waals surface area (Å²) in [5.74, 6) is 0. The lowest BCUT2D eigenvalue weighted by Gasteiger charge is -2.27. The Morgan fingerprint density at radius 3 is 2.62 bits per heavy atom. The van der Waals surface area contributed by atoms with Crippen LogP contribution in [0.1, 0.15) is 16.7 Å². The minimum absolute atomic E-state index is 0.0327. The second-order valence-electron chi connectivity index (χ2n) is 6.11. The van der Waals surface area contributed by atoms with Gasteiger partial charge >= 0.3 is 0 Å². The first-order valence-electron chi connectivity index (χ1n) is 8.46. The quantitative estimate of drug-likeness (QED) is 0.635. The van der Waals surface area contributed by atoms with Crippen molar-refractivity contribution in [3.63, 3.8) is 0 Å². The summed E-state index contributed by atoms with van der Waals surface area (Å²) < 4.78 is 5.39. The monoisotopic (exact) mass is 352 g/mol. The molecule has 7 heteroatoms. The van der Waals surface area contributed by atoms with Crippen LogP contribution < -0.4 is 5.32 Å². The van der Waals surface area contributed by atoms with Crippen LogP contribution in [0.2, 0.25) is 0 Å². The summed E-state index contributed by atoms with van der Waals surface area (Å²) in [4.78, 5) is 13.1. The van der Waals surface area contributed by atoms with Crippen molar-refractivity contribution in [3.05, 3.63) is 69.3 Å².